The van der Waals surface area contributed by atoms with Crippen LogP contribution in [0.25, 0.3) is 0 Å². The van der Waals surface area contributed by atoms with Gasteiger partial charge >= 0.3 is 0 Å². The van der Waals surface area contributed by atoms with Crippen LogP contribution in [0.1, 0.15) is 21.9 Å². The Kier molecular flexibility index (Phi) is 4.84. The largest absolute Gasteiger partial charge is 0.463 e. The van der Waals surface area contributed by atoms with E-state index in [1.165, 1.54) is 12.5 Å². The van der Waals surface area contributed by atoms with Gasteiger partial charge in [0.05, 0.1) is 30.6 Å². The number of nitrogens with one attached hydrogen (secondary N) is 2. The first kappa shape index (κ1) is 15.3. The zero-order valence-electron chi connectivity index (χ0n) is 12.5. The lowest BCUT2D eigenvalue weighted by Crippen LogP contribution is -2.17. The summed E-state index contributed by atoms with van der Waals surface area (Å²) in [4.78, 5) is 11.9. The van der Waals surface area contributed by atoms with Crippen LogP contribution in [0.3, 0.4) is 0 Å². The number of hydrazone groups is 2. The van der Waals surface area contributed by atoms with Crippen LogP contribution >= 0.6 is 0 Å². The van der Waals surface area contributed by atoms with Gasteiger partial charge in [0, 0.05) is 5.56 Å². The molecule has 2 aromatic heterocycles. The van der Waals surface area contributed by atoms with Crippen LogP contribution in [-0.4, -0.2) is 18.3 Å². The highest BCUT2D eigenvalue weighted by Crippen LogP contribution is 2.09. The number of furan rings is 2. The minimum Gasteiger partial charge on any atom is -0.463 e. The molecule has 0 unspecified atom stereocenters. The van der Waals surface area contributed by atoms with E-state index < -0.39 is 0 Å². The Labute approximate surface area is 137 Å². The minimum absolute atomic E-state index is 0.316. The van der Waals surface area contributed by atoms with Crippen molar-refractivity contribution in [3.05, 3.63) is 78.1 Å². The molecule has 2 N–H and O–H groups in total. The van der Waals surface area contributed by atoms with E-state index in [2.05, 4.69) is 21.1 Å². The molecule has 3 aromatic rings. The third kappa shape index (κ3) is 4.20. The normalized spacial score (nSPS) is 11.2. The van der Waals surface area contributed by atoms with Crippen molar-refractivity contribution in [2.75, 3.05) is 5.43 Å². The van der Waals surface area contributed by atoms with Gasteiger partial charge in [0.15, 0.2) is 0 Å². The van der Waals surface area contributed by atoms with Crippen LogP contribution in [0.4, 0.5) is 5.69 Å². The fourth-order valence-corrected chi connectivity index (χ4v) is 1.82. The molecular formula is C17H14N4O3. The molecule has 0 saturated heterocycles. The number of hydrogen-bond acceptors (Lipinski definition) is 6. The third-order valence-corrected chi connectivity index (χ3v) is 2.98. The number of rotatable bonds is 6. The smallest absolute Gasteiger partial charge is 0.271 e. The highest BCUT2D eigenvalue weighted by atomic mass is 16.3. The lowest BCUT2D eigenvalue weighted by molar-refractivity contribution is 0.0955. The summed E-state index contributed by atoms with van der Waals surface area (Å²) in [6, 6.07) is 13.9. The second kappa shape index (κ2) is 7.59. The minimum atomic E-state index is -0.316. The molecule has 2 heterocycles. The number of carbonyl (C=O) groups excluding carboxylic acids is 1. The van der Waals surface area contributed by atoms with E-state index >= 15 is 0 Å². The van der Waals surface area contributed by atoms with Crippen LogP contribution < -0.4 is 10.9 Å². The summed E-state index contributed by atoms with van der Waals surface area (Å²) in [5.74, 6) is 0.889. The summed E-state index contributed by atoms with van der Waals surface area (Å²) in [5, 5.41) is 7.86. The number of hydrogen-bond donors (Lipinski definition) is 2. The molecule has 120 valence electrons. The molecule has 0 aliphatic carbocycles. The van der Waals surface area contributed by atoms with Gasteiger partial charge in [0.1, 0.15) is 11.5 Å². The van der Waals surface area contributed by atoms with Crippen molar-refractivity contribution < 1.29 is 13.6 Å². The molecule has 0 fully saturated rings. The van der Waals surface area contributed by atoms with Gasteiger partial charge in [-0.2, -0.15) is 10.2 Å². The highest BCUT2D eigenvalue weighted by molar-refractivity contribution is 5.95. The molecule has 3 rings (SSSR count). The molecule has 7 nitrogen and oxygen atoms in total. The zero-order valence-corrected chi connectivity index (χ0v) is 12.5. The topological polar surface area (TPSA) is 92.1 Å². The van der Waals surface area contributed by atoms with Crippen molar-refractivity contribution in [1.82, 2.24) is 5.43 Å². The van der Waals surface area contributed by atoms with E-state index in [0.29, 0.717) is 17.1 Å². The summed E-state index contributed by atoms with van der Waals surface area (Å²) in [6.07, 6.45) is 6.09. The SMILES string of the molecule is O=C(NN=Cc1ccco1)c1ccc(NN=Cc2ccco2)cc1. The van der Waals surface area contributed by atoms with E-state index in [0.717, 1.165) is 5.69 Å². The molecule has 0 saturated carbocycles. The van der Waals surface area contributed by atoms with Crippen molar-refractivity contribution in [3.63, 3.8) is 0 Å². The van der Waals surface area contributed by atoms with E-state index in [1.54, 1.807) is 61.0 Å². The molecule has 0 aliphatic rings. The Balaban J connectivity index is 1.52. The monoisotopic (exact) mass is 322 g/mol. The van der Waals surface area contributed by atoms with Gasteiger partial charge in [-0.3, -0.25) is 10.2 Å². The number of anilines is 1. The number of benzene rings is 1. The van der Waals surface area contributed by atoms with E-state index in [9.17, 15) is 4.79 Å². The molecule has 1 amide bonds. The average molecular weight is 322 g/mol. The molecule has 0 atom stereocenters. The summed E-state index contributed by atoms with van der Waals surface area (Å²) in [5.41, 5.74) is 6.50. The Morgan fingerprint density at radius 2 is 1.50 bits per heavy atom. The standard InChI is InChI=1S/C17H14N4O3/c22-17(21-19-12-16-4-2-10-24-16)13-5-7-14(8-6-13)20-18-11-15-3-1-9-23-15/h1-12,20H,(H,21,22). The van der Waals surface area contributed by atoms with Gasteiger partial charge in [0.2, 0.25) is 0 Å². The van der Waals surface area contributed by atoms with Crippen LogP contribution in [0.2, 0.25) is 0 Å². The summed E-state index contributed by atoms with van der Waals surface area (Å²) in [6.45, 7) is 0. The van der Waals surface area contributed by atoms with Gasteiger partial charge in [-0.1, -0.05) is 0 Å². The van der Waals surface area contributed by atoms with Gasteiger partial charge in [0.25, 0.3) is 5.91 Å². The van der Waals surface area contributed by atoms with Crippen LogP contribution in [0.15, 0.2) is 80.1 Å². The number of carbonyl (C=O) groups is 1. The summed E-state index contributed by atoms with van der Waals surface area (Å²) in [7, 11) is 0. The van der Waals surface area contributed by atoms with Gasteiger partial charge < -0.3 is 8.83 Å². The van der Waals surface area contributed by atoms with Gasteiger partial charge in [-0.25, -0.2) is 5.43 Å². The van der Waals surface area contributed by atoms with Gasteiger partial charge in [-0.15, -0.1) is 0 Å². The fraction of sp³-hybridized carbons (Fsp3) is 0. The average Bonchev–Trinajstić information content (AvgIpc) is 3.29. The van der Waals surface area contributed by atoms with E-state index in [4.69, 9.17) is 8.83 Å². The van der Waals surface area contributed by atoms with Crippen LogP contribution in [0.5, 0.6) is 0 Å². The van der Waals surface area contributed by atoms with Crippen LogP contribution in [0, 0.1) is 0 Å². The quantitative estimate of drug-likeness (QED) is 0.539. The Morgan fingerprint density at radius 3 is 2.08 bits per heavy atom. The van der Waals surface area contributed by atoms with Crippen molar-refractivity contribution in [1.29, 1.82) is 0 Å². The second-order valence-electron chi connectivity index (χ2n) is 4.68. The predicted octanol–water partition coefficient (Wildman–Crippen LogP) is 3.08. The van der Waals surface area contributed by atoms with Crippen molar-refractivity contribution >= 4 is 24.0 Å². The molecule has 0 aliphatic heterocycles. The zero-order chi connectivity index (χ0) is 16.6. The maximum Gasteiger partial charge on any atom is 0.271 e. The molecule has 0 radical (unpaired) electrons. The lowest BCUT2D eigenvalue weighted by Gasteiger charge is -2.02. The van der Waals surface area contributed by atoms with Crippen LogP contribution in [-0.2, 0) is 0 Å². The Hall–Kier alpha value is -3.61. The second-order valence-corrected chi connectivity index (χ2v) is 4.68. The van der Waals surface area contributed by atoms with Crippen molar-refractivity contribution in [2.24, 2.45) is 10.2 Å². The maximum absolute atomic E-state index is 11.9. The van der Waals surface area contributed by atoms with Crippen molar-refractivity contribution in [2.45, 2.75) is 0 Å². The molecular weight excluding hydrogens is 308 g/mol. The Bertz CT molecular complexity index is 819. The molecule has 1 aromatic carbocycles. The fourth-order valence-electron chi connectivity index (χ4n) is 1.82. The number of nitrogens with zero attached hydrogens (tertiary/aromatic N) is 2. The van der Waals surface area contributed by atoms with E-state index in [1.807, 2.05) is 0 Å². The summed E-state index contributed by atoms with van der Waals surface area (Å²) < 4.78 is 10.2. The first-order chi connectivity index (χ1) is 11.8. The Morgan fingerprint density at radius 1 is 0.875 bits per heavy atom. The maximum atomic E-state index is 11.9. The first-order valence-corrected chi connectivity index (χ1v) is 7.11. The predicted molar refractivity (Wildman–Crippen MR) is 90.1 cm³/mol. The lowest BCUT2D eigenvalue weighted by atomic mass is 10.2. The molecule has 24 heavy (non-hydrogen) atoms. The summed E-state index contributed by atoms with van der Waals surface area (Å²) >= 11 is 0. The van der Waals surface area contributed by atoms with Gasteiger partial charge in [-0.05, 0) is 48.5 Å². The number of amides is 1. The van der Waals surface area contributed by atoms with E-state index in [-0.39, 0.29) is 5.91 Å². The molecule has 0 bridgehead atoms. The molecule has 0 spiro atoms. The molecule has 7 heteroatoms. The third-order valence-electron chi connectivity index (χ3n) is 2.98. The first-order valence-electron chi connectivity index (χ1n) is 7.11. The van der Waals surface area contributed by atoms with Crippen molar-refractivity contribution in [3.8, 4) is 0 Å². The highest BCUT2D eigenvalue weighted by Gasteiger charge is 2.03.